The zero-order chi connectivity index (χ0) is 13.8. The summed E-state index contributed by atoms with van der Waals surface area (Å²) in [5.41, 5.74) is 1.39. The van der Waals surface area contributed by atoms with E-state index in [2.05, 4.69) is 45.2 Å². The van der Waals surface area contributed by atoms with Gasteiger partial charge in [-0.15, -0.1) is 0 Å². The van der Waals surface area contributed by atoms with Crippen LogP contribution in [0.5, 0.6) is 5.75 Å². The summed E-state index contributed by atoms with van der Waals surface area (Å²) in [7, 11) is 0. The molecule has 0 unspecified atom stereocenters. The molecule has 2 nitrogen and oxygen atoms in total. The summed E-state index contributed by atoms with van der Waals surface area (Å²) in [5.74, 6) is 0.442. The van der Waals surface area contributed by atoms with Crippen molar-refractivity contribution in [3.8, 4) is 5.75 Å². The molecule has 0 amide bonds. The zero-order valence-corrected chi connectivity index (χ0v) is 14.0. The molecule has 5 heteroatoms. The summed E-state index contributed by atoms with van der Waals surface area (Å²) in [6, 6.07) is 9.82. The van der Waals surface area contributed by atoms with Crippen LogP contribution in [0.15, 0.2) is 36.4 Å². The molecule has 0 N–H and O–H groups in total. The first-order chi connectivity index (χ1) is 9.10. The van der Waals surface area contributed by atoms with E-state index in [1.54, 1.807) is 18.2 Å². The number of aldehydes is 1. The molecule has 2 aromatic carbocycles. The minimum atomic E-state index is -0.276. The van der Waals surface area contributed by atoms with E-state index in [-0.39, 0.29) is 5.82 Å². The van der Waals surface area contributed by atoms with E-state index in [4.69, 9.17) is 4.74 Å². The Hall–Kier alpha value is -0.700. The van der Waals surface area contributed by atoms with Gasteiger partial charge < -0.3 is 4.74 Å². The van der Waals surface area contributed by atoms with Crippen LogP contribution >= 0.6 is 45.2 Å². The molecular weight excluding hydrogens is 473 g/mol. The lowest BCUT2D eigenvalue weighted by atomic mass is 10.2. The molecule has 0 aliphatic rings. The number of benzene rings is 2. The highest BCUT2D eigenvalue weighted by atomic mass is 127. The summed E-state index contributed by atoms with van der Waals surface area (Å²) >= 11 is 4.24. The number of hydrogen-bond donors (Lipinski definition) is 0. The maximum atomic E-state index is 13.1. The maximum absolute atomic E-state index is 13.1. The monoisotopic (exact) mass is 482 g/mol. The summed E-state index contributed by atoms with van der Waals surface area (Å²) in [4.78, 5) is 10.7. The molecule has 0 saturated carbocycles. The number of ether oxygens (including phenoxy) is 1. The second-order valence-corrected chi connectivity index (χ2v) is 6.17. The molecule has 0 saturated heterocycles. The Morgan fingerprint density at radius 1 is 1.16 bits per heavy atom. The van der Waals surface area contributed by atoms with Gasteiger partial charge in [-0.05, 0) is 75.0 Å². The molecule has 0 fully saturated rings. The van der Waals surface area contributed by atoms with Gasteiger partial charge in [0.25, 0.3) is 0 Å². The lowest BCUT2D eigenvalue weighted by molar-refractivity contribution is 0.112. The van der Waals surface area contributed by atoms with Crippen molar-refractivity contribution in [2.45, 2.75) is 6.61 Å². The van der Waals surface area contributed by atoms with Crippen molar-refractivity contribution in [2.75, 3.05) is 0 Å². The molecule has 2 aromatic rings. The van der Waals surface area contributed by atoms with Crippen molar-refractivity contribution in [2.24, 2.45) is 0 Å². The van der Waals surface area contributed by atoms with E-state index >= 15 is 0 Å². The molecule has 0 aliphatic carbocycles. The molecule has 0 heterocycles. The Morgan fingerprint density at radius 3 is 2.42 bits per heavy atom. The third-order valence-corrected chi connectivity index (χ3v) is 4.03. The van der Waals surface area contributed by atoms with Crippen LogP contribution in [0.3, 0.4) is 0 Å². The SMILES string of the molecule is O=Cc1cc(I)c(OCc2cccc(F)c2)c(I)c1. The van der Waals surface area contributed by atoms with Crippen molar-refractivity contribution in [3.63, 3.8) is 0 Å². The van der Waals surface area contributed by atoms with Crippen molar-refractivity contribution >= 4 is 51.5 Å². The smallest absolute Gasteiger partial charge is 0.150 e. The van der Waals surface area contributed by atoms with E-state index in [0.717, 1.165) is 24.7 Å². The van der Waals surface area contributed by atoms with E-state index in [1.165, 1.54) is 12.1 Å². The number of hydrogen-bond acceptors (Lipinski definition) is 2. The summed E-state index contributed by atoms with van der Waals surface area (Å²) < 4.78 is 20.5. The fourth-order valence-corrected chi connectivity index (χ4v) is 3.70. The first-order valence-electron chi connectivity index (χ1n) is 5.41. The summed E-state index contributed by atoms with van der Waals surface area (Å²) in [5, 5.41) is 0. The number of carbonyl (C=O) groups excluding carboxylic acids is 1. The van der Waals surface area contributed by atoms with Crippen LogP contribution in [0, 0.1) is 13.0 Å². The van der Waals surface area contributed by atoms with Gasteiger partial charge in [0.15, 0.2) is 0 Å². The van der Waals surface area contributed by atoms with Crippen LogP contribution in [-0.2, 0) is 6.61 Å². The molecule has 0 aromatic heterocycles. The highest BCUT2D eigenvalue weighted by Gasteiger charge is 2.09. The van der Waals surface area contributed by atoms with Crippen molar-refractivity contribution in [3.05, 3.63) is 60.5 Å². The molecule has 0 atom stereocenters. The predicted molar refractivity (Wildman–Crippen MR) is 88.0 cm³/mol. The average molecular weight is 482 g/mol. The second kappa shape index (κ2) is 6.65. The highest BCUT2D eigenvalue weighted by Crippen LogP contribution is 2.29. The van der Waals surface area contributed by atoms with Gasteiger partial charge in [-0.3, -0.25) is 4.79 Å². The van der Waals surface area contributed by atoms with Gasteiger partial charge in [0.1, 0.15) is 24.5 Å². The number of carbonyl (C=O) groups is 1. The Labute approximate surface area is 137 Å². The number of halogens is 3. The third-order valence-electron chi connectivity index (χ3n) is 2.43. The van der Waals surface area contributed by atoms with Crippen LogP contribution in [0.25, 0.3) is 0 Å². The molecule has 2 rings (SSSR count). The first-order valence-corrected chi connectivity index (χ1v) is 7.57. The molecular formula is C14H9FI2O2. The van der Waals surface area contributed by atoms with E-state index < -0.39 is 0 Å². The summed E-state index contributed by atoms with van der Waals surface area (Å²) in [6.07, 6.45) is 0.806. The third kappa shape index (κ3) is 3.88. The highest BCUT2D eigenvalue weighted by molar-refractivity contribution is 14.1. The van der Waals surface area contributed by atoms with Crippen molar-refractivity contribution in [1.29, 1.82) is 0 Å². The normalized spacial score (nSPS) is 10.3. The molecule has 0 radical (unpaired) electrons. The molecule has 98 valence electrons. The Balaban J connectivity index is 2.18. The van der Waals surface area contributed by atoms with Gasteiger partial charge >= 0.3 is 0 Å². The average Bonchev–Trinajstić information content (AvgIpc) is 2.37. The van der Waals surface area contributed by atoms with Crippen molar-refractivity contribution in [1.82, 2.24) is 0 Å². The van der Waals surface area contributed by atoms with Crippen molar-refractivity contribution < 1.29 is 13.9 Å². The quantitative estimate of drug-likeness (QED) is 0.477. The summed E-state index contributed by atoms with van der Waals surface area (Å²) in [6.45, 7) is 0.296. The lowest BCUT2D eigenvalue weighted by Gasteiger charge is -2.11. The van der Waals surface area contributed by atoms with Gasteiger partial charge in [-0.25, -0.2) is 4.39 Å². The Morgan fingerprint density at radius 2 is 1.84 bits per heavy atom. The van der Waals surface area contributed by atoms with Gasteiger partial charge in [0.05, 0.1) is 7.14 Å². The second-order valence-electron chi connectivity index (χ2n) is 3.85. The largest absolute Gasteiger partial charge is 0.487 e. The van der Waals surface area contributed by atoms with Gasteiger partial charge in [0.2, 0.25) is 0 Å². The van der Waals surface area contributed by atoms with E-state index in [9.17, 15) is 9.18 Å². The number of rotatable bonds is 4. The van der Waals surface area contributed by atoms with Gasteiger partial charge in [-0.1, -0.05) is 12.1 Å². The fraction of sp³-hybridized carbons (Fsp3) is 0.0714. The molecule has 19 heavy (non-hydrogen) atoms. The molecule has 0 spiro atoms. The maximum Gasteiger partial charge on any atom is 0.150 e. The van der Waals surface area contributed by atoms with Gasteiger partial charge in [-0.2, -0.15) is 0 Å². The minimum Gasteiger partial charge on any atom is -0.487 e. The van der Waals surface area contributed by atoms with Crippen LogP contribution in [0.1, 0.15) is 15.9 Å². The standard InChI is InChI=1S/C14H9FI2O2/c15-11-3-1-2-9(4-11)8-19-14-12(16)5-10(7-18)6-13(14)17/h1-7H,8H2. The van der Waals surface area contributed by atoms with E-state index in [0.29, 0.717) is 12.2 Å². The predicted octanol–water partition coefficient (Wildman–Crippen LogP) is 4.43. The zero-order valence-electron chi connectivity index (χ0n) is 9.70. The Bertz CT molecular complexity index is 591. The minimum absolute atomic E-state index is 0.276. The van der Waals surface area contributed by atoms with Crippen LogP contribution in [-0.4, -0.2) is 6.29 Å². The lowest BCUT2D eigenvalue weighted by Crippen LogP contribution is -2.00. The molecule has 0 aliphatic heterocycles. The van der Waals surface area contributed by atoms with Gasteiger partial charge in [0, 0.05) is 5.56 Å². The topological polar surface area (TPSA) is 26.3 Å². The van der Waals surface area contributed by atoms with Crippen LogP contribution in [0.4, 0.5) is 4.39 Å². The van der Waals surface area contributed by atoms with Crippen LogP contribution in [0.2, 0.25) is 0 Å². The fourth-order valence-electron chi connectivity index (χ4n) is 1.57. The first kappa shape index (κ1) is 14.7. The Kier molecular flexibility index (Phi) is 5.14. The van der Waals surface area contributed by atoms with Crippen LogP contribution < -0.4 is 4.74 Å². The van der Waals surface area contributed by atoms with E-state index in [1.807, 2.05) is 6.07 Å². The molecule has 0 bridgehead atoms.